The highest BCUT2D eigenvalue weighted by molar-refractivity contribution is 6.32. The van der Waals surface area contributed by atoms with Crippen LogP contribution in [0.1, 0.15) is 27.7 Å². The zero-order valence-corrected chi connectivity index (χ0v) is 20.2. The molecule has 2 unspecified atom stereocenters. The Morgan fingerprint density at radius 2 is 1.88 bits per heavy atom. The second-order valence-corrected chi connectivity index (χ2v) is 8.95. The van der Waals surface area contributed by atoms with Gasteiger partial charge >= 0.3 is 11.9 Å². The predicted molar refractivity (Wildman–Crippen MR) is 126 cm³/mol. The summed E-state index contributed by atoms with van der Waals surface area (Å²) in [6, 6.07) is 9.39. The van der Waals surface area contributed by atoms with E-state index in [0.29, 0.717) is 10.8 Å². The topological polar surface area (TPSA) is 99.7 Å². The number of esters is 2. The number of carbonyl (C=O) groups excluding carboxylic acids is 2. The smallest absolute Gasteiger partial charge is 0.303 e. The average molecular weight is 487 g/mol. The molecule has 0 amide bonds. The molecule has 9 heteroatoms. The Morgan fingerprint density at radius 3 is 2.59 bits per heavy atom. The Kier molecular flexibility index (Phi) is 7.09. The minimum Gasteiger partial charge on any atom is -0.463 e. The molecule has 1 aliphatic rings. The highest BCUT2D eigenvalue weighted by Gasteiger charge is 2.45. The minimum atomic E-state index is -0.920. The van der Waals surface area contributed by atoms with Crippen LogP contribution < -0.4 is 4.74 Å². The van der Waals surface area contributed by atoms with Gasteiger partial charge in [-0.25, -0.2) is 4.98 Å². The molecule has 5 atom stereocenters. The lowest BCUT2D eigenvalue weighted by molar-refractivity contribution is -0.253. The standard InChI is InChI=1S/C25H27ClN2O6/c1-13-14(2)23(32-16(4)30)25(34-22(13)12-31-15(3)29)33-21-6-5-17(10-20(21)26)19-9-18-7-8-27-24(18)28-11-19/h5-11,13-14,22-23,25H,12H2,1-4H3,(H,27,28)/t13-,14-,22?,23?,25-/m0/s1. The minimum absolute atomic E-state index is 0.0442. The summed E-state index contributed by atoms with van der Waals surface area (Å²) in [5, 5.41) is 1.37. The first kappa shape index (κ1) is 24.0. The largest absolute Gasteiger partial charge is 0.463 e. The van der Waals surface area contributed by atoms with Crippen LogP contribution in [0.3, 0.4) is 0 Å². The SMILES string of the molecule is CC(=O)OCC1O[C@H](Oc2ccc(-c3cnc4[nH]ccc4c3)cc2Cl)C(OC(C)=O)[C@@H](C)[C@@H]1C. The molecule has 1 saturated heterocycles. The number of hydrogen-bond acceptors (Lipinski definition) is 7. The van der Waals surface area contributed by atoms with Gasteiger partial charge < -0.3 is 23.9 Å². The molecule has 0 spiro atoms. The number of aromatic nitrogens is 2. The summed E-state index contributed by atoms with van der Waals surface area (Å²) in [5.41, 5.74) is 2.60. The third kappa shape index (κ3) is 5.18. The molecule has 34 heavy (non-hydrogen) atoms. The average Bonchev–Trinajstić information content (AvgIpc) is 3.26. The van der Waals surface area contributed by atoms with Crippen molar-refractivity contribution >= 4 is 34.6 Å². The van der Waals surface area contributed by atoms with Gasteiger partial charge in [-0.3, -0.25) is 9.59 Å². The van der Waals surface area contributed by atoms with E-state index in [2.05, 4.69) is 9.97 Å². The van der Waals surface area contributed by atoms with E-state index in [0.717, 1.165) is 22.2 Å². The summed E-state index contributed by atoms with van der Waals surface area (Å²) in [5.74, 6) is -0.600. The van der Waals surface area contributed by atoms with E-state index in [-0.39, 0.29) is 18.4 Å². The van der Waals surface area contributed by atoms with Crippen LogP contribution in [0.15, 0.2) is 42.7 Å². The molecule has 0 radical (unpaired) electrons. The number of H-pyrrole nitrogens is 1. The fourth-order valence-corrected chi connectivity index (χ4v) is 4.32. The molecule has 3 aromatic rings. The van der Waals surface area contributed by atoms with Crippen molar-refractivity contribution in [3.05, 3.63) is 47.7 Å². The van der Waals surface area contributed by atoms with Gasteiger partial charge in [0.2, 0.25) is 6.29 Å². The van der Waals surface area contributed by atoms with Crippen LogP contribution in [0.4, 0.5) is 0 Å². The van der Waals surface area contributed by atoms with Gasteiger partial charge in [-0.2, -0.15) is 0 Å². The van der Waals surface area contributed by atoms with Crippen molar-refractivity contribution in [1.29, 1.82) is 0 Å². The summed E-state index contributed by atoms with van der Waals surface area (Å²) in [7, 11) is 0. The Morgan fingerprint density at radius 1 is 1.09 bits per heavy atom. The Hall–Kier alpha value is -3.10. The quantitative estimate of drug-likeness (QED) is 0.501. The fourth-order valence-electron chi connectivity index (χ4n) is 4.10. The van der Waals surface area contributed by atoms with E-state index in [1.165, 1.54) is 13.8 Å². The summed E-state index contributed by atoms with van der Waals surface area (Å²) in [6.45, 7) is 6.68. The van der Waals surface area contributed by atoms with Crippen molar-refractivity contribution in [3.63, 3.8) is 0 Å². The third-order valence-electron chi connectivity index (χ3n) is 6.17. The number of nitrogens with one attached hydrogen (secondary N) is 1. The highest BCUT2D eigenvalue weighted by atomic mass is 35.5. The summed E-state index contributed by atoms with van der Waals surface area (Å²) in [4.78, 5) is 30.6. The number of hydrogen-bond donors (Lipinski definition) is 1. The number of fused-ring (bicyclic) bond motifs is 1. The Balaban J connectivity index is 1.57. The molecule has 8 nitrogen and oxygen atoms in total. The monoisotopic (exact) mass is 486 g/mol. The lowest BCUT2D eigenvalue weighted by Crippen LogP contribution is -2.54. The van der Waals surface area contributed by atoms with Gasteiger partial charge in [0.25, 0.3) is 0 Å². The maximum atomic E-state index is 11.8. The molecular weight excluding hydrogens is 460 g/mol. The van der Waals surface area contributed by atoms with Gasteiger partial charge in [0.05, 0.1) is 11.1 Å². The molecular formula is C25H27ClN2O6. The number of benzene rings is 1. The van der Waals surface area contributed by atoms with Gasteiger partial charge in [-0.05, 0) is 35.7 Å². The first-order valence-electron chi connectivity index (χ1n) is 11.1. The first-order chi connectivity index (χ1) is 16.2. The van der Waals surface area contributed by atoms with Crippen molar-refractivity contribution < 1.29 is 28.5 Å². The second kappa shape index (κ2) is 10.0. The van der Waals surface area contributed by atoms with E-state index >= 15 is 0 Å². The van der Waals surface area contributed by atoms with Crippen LogP contribution in [0.2, 0.25) is 5.02 Å². The maximum absolute atomic E-state index is 11.8. The number of carbonyl (C=O) groups is 2. The molecule has 0 aliphatic carbocycles. The molecule has 180 valence electrons. The lowest BCUT2D eigenvalue weighted by Gasteiger charge is -2.43. The first-order valence-corrected chi connectivity index (χ1v) is 11.5. The number of ether oxygens (including phenoxy) is 4. The van der Waals surface area contributed by atoms with E-state index in [4.69, 9.17) is 30.5 Å². The van der Waals surface area contributed by atoms with Crippen molar-refractivity contribution in [1.82, 2.24) is 9.97 Å². The zero-order chi connectivity index (χ0) is 24.4. The van der Waals surface area contributed by atoms with Crippen LogP contribution in [-0.2, 0) is 23.8 Å². The lowest BCUT2D eigenvalue weighted by atomic mass is 9.83. The molecule has 0 bridgehead atoms. The Labute approximate surface area is 202 Å². The van der Waals surface area contributed by atoms with E-state index in [9.17, 15) is 9.59 Å². The highest BCUT2D eigenvalue weighted by Crippen LogP contribution is 2.37. The van der Waals surface area contributed by atoms with Gasteiger partial charge in [-0.1, -0.05) is 31.5 Å². The molecule has 2 aromatic heterocycles. The molecule has 1 aromatic carbocycles. The van der Waals surface area contributed by atoms with Crippen LogP contribution >= 0.6 is 11.6 Å². The van der Waals surface area contributed by atoms with Crippen molar-refractivity contribution in [2.45, 2.75) is 46.2 Å². The van der Waals surface area contributed by atoms with Crippen LogP contribution in [0.25, 0.3) is 22.2 Å². The summed E-state index contributed by atoms with van der Waals surface area (Å²) >= 11 is 6.57. The molecule has 0 saturated carbocycles. The van der Waals surface area contributed by atoms with Gasteiger partial charge in [0.1, 0.15) is 18.0 Å². The van der Waals surface area contributed by atoms with E-state index in [1.807, 2.05) is 38.2 Å². The molecule has 1 N–H and O–H groups in total. The van der Waals surface area contributed by atoms with E-state index < -0.39 is 30.4 Å². The van der Waals surface area contributed by atoms with Gasteiger partial charge in [0, 0.05) is 43.1 Å². The number of aromatic amines is 1. The number of nitrogens with zero attached hydrogens (tertiary/aromatic N) is 1. The third-order valence-corrected chi connectivity index (χ3v) is 6.47. The summed E-state index contributed by atoms with van der Waals surface area (Å²) in [6.07, 6.45) is 1.61. The number of pyridine rings is 1. The maximum Gasteiger partial charge on any atom is 0.303 e. The molecule has 4 rings (SSSR count). The van der Waals surface area contributed by atoms with Crippen molar-refractivity contribution in [2.24, 2.45) is 11.8 Å². The van der Waals surface area contributed by atoms with Crippen molar-refractivity contribution in [2.75, 3.05) is 6.61 Å². The zero-order valence-electron chi connectivity index (χ0n) is 19.4. The van der Waals surface area contributed by atoms with E-state index in [1.54, 1.807) is 18.3 Å². The van der Waals surface area contributed by atoms with Gasteiger partial charge in [0.15, 0.2) is 6.10 Å². The van der Waals surface area contributed by atoms with Crippen molar-refractivity contribution in [3.8, 4) is 16.9 Å². The van der Waals surface area contributed by atoms with Crippen LogP contribution in [0, 0.1) is 11.8 Å². The van der Waals surface area contributed by atoms with Crippen LogP contribution in [-0.4, -0.2) is 47.0 Å². The number of halogens is 1. The van der Waals surface area contributed by atoms with Gasteiger partial charge in [-0.15, -0.1) is 0 Å². The fraction of sp³-hybridized carbons (Fsp3) is 0.400. The predicted octanol–water partition coefficient (Wildman–Crippen LogP) is 4.75. The normalized spacial score (nSPS) is 24.6. The summed E-state index contributed by atoms with van der Waals surface area (Å²) < 4.78 is 22.9. The molecule has 1 aliphatic heterocycles. The molecule has 1 fully saturated rings. The molecule has 3 heterocycles. The Bertz CT molecular complexity index is 1190. The number of rotatable bonds is 6. The van der Waals surface area contributed by atoms with Crippen LogP contribution in [0.5, 0.6) is 5.75 Å². The second-order valence-electron chi connectivity index (χ2n) is 8.54.